The number of piperidine rings is 1. The Hall–Kier alpha value is -3.02. The minimum Gasteiger partial charge on any atom is -0.508 e. The summed E-state index contributed by atoms with van der Waals surface area (Å²) < 4.78 is 5.78. The quantitative estimate of drug-likeness (QED) is 0.814. The van der Waals surface area contributed by atoms with Crippen LogP contribution in [0.3, 0.4) is 0 Å². The van der Waals surface area contributed by atoms with Crippen LogP contribution in [-0.2, 0) is 4.79 Å². The summed E-state index contributed by atoms with van der Waals surface area (Å²) >= 11 is 0. The maximum absolute atomic E-state index is 12.5. The summed E-state index contributed by atoms with van der Waals surface area (Å²) in [4.78, 5) is 26.6. The van der Waals surface area contributed by atoms with Crippen molar-refractivity contribution >= 4 is 11.8 Å². The molecular weight excluding hydrogens is 368 g/mol. The van der Waals surface area contributed by atoms with Crippen LogP contribution >= 0.6 is 0 Å². The number of amides is 2. The van der Waals surface area contributed by atoms with Gasteiger partial charge < -0.3 is 20.1 Å². The van der Waals surface area contributed by atoms with Crippen LogP contribution < -0.4 is 10.1 Å². The summed E-state index contributed by atoms with van der Waals surface area (Å²) in [5.41, 5.74) is 3.68. The van der Waals surface area contributed by atoms with Gasteiger partial charge in [0.05, 0.1) is 0 Å². The number of ether oxygens (including phenoxy) is 1. The molecule has 0 atom stereocenters. The fourth-order valence-electron chi connectivity index (χ4n) is 3.60. The lowest BCUT2D eigenvalue weighted by atomic mass is 10.0. The van der Waals surface area contributed by atoms with E-state index in [0.29, 0.717) is 31.5 Å². The smallest absolute Gasteiger partial charge is 0.258 e. The molecule has 2 aromatic carbocycles. The third-order valence-electron chi connectivity index (χ3n) is 5.46. The zero-order chi connectivity index (χ0) is 21.0. The second kappa shape index (κ2) is 8.99. The van der Waals surface area contributed by atoms with Gasteiger partial charge >= 0.3 is 0 Å². The van der Waals surface area contributed by atoms with Crippen LogP contribution in [0.25, 0.3) is 0 Å². The summed E-state index contributed by atoms with van der Waals surface area (Å²) in [5, 5.41) is 12.6. The Bertz CT molecular complexity index is 902. The summed E-state index contributed by atoms with van der Waals surface area (Å²) in [6.45, 7) is 7.10. The Morgan fingerprint density at radius 2 is 1.79 bits per heavy atom. The van der Waals surface area contributed by atoms with Crippen molar-refractivity contribution in [2.24, 2.45) is 0 Å². The first-order valence-corrected chi connectivity index (χ1v) is 9.92. The number of aryl methyl sites for hydroxylation is 2. The van der Waals surface area contributed by atoms with Crippen LogP contribution in [0.2, 0.25) is 0 Å². The Morgan fingerprint density at radius 1 is 1.10 bits per heavy atom. The predicted octanol–water partition coefficient (Wildman–Crippen LogP) is 3.12. The first kappa shape index (κ1) is 20.7. The van der Waals surface area contributed by atoms with Crippen molar-refractivity contribution in [2.45, 2.75) is 39.7 Å². The molecule has 29 heavy (non-hydrogen) atoms. The summed E-state index contributed by atoms with van der Waals surface area (Å²) in [6.07, 6.45) is 1.39. The number of hydrogen-bond donors (Lipinski definition) is 2. The fourth-order valence-corrected chi connectivity index (χ4v) is 3.60. The van der Waals surface area contributed by atoms with Crippen molar-refractivity contribution in [3.05, 3.63) is 58.7 Å². The van der Waals surface area contributed by atoms with Crippen molar-refractivity contribution in [2.75, 3.05) is 19.7 Å². The van der Waals surface area contributed by atoms with Crippen molar-refractivity contribution in [1.82, 2.24) is 10.2 Å². The molecule has 1 aliphatic rings. The van der Waals surface area contributed by atoms with E-state index >= 15 is 0 Å². The molecule has 154 valence electrons. The van der Waals surface area contributed by atoms with Gasteiger partial charge in [0.25, 0.3) is 11.8 Å². The third-order valence-corrected chi connectivity index (χ3v) is 5.46. The van der Waals surface area contributed by atoms with Gasteiger partial charge in [-0.25, -0.2) is 0 Å². The molecule has 6 heteroatoms. The second-order valence-corrected chi connectivity index (χ2v) is 7.63. The summed E-state index contributed by atoms with van der Waals surface area (Å²) in [5.74, 6) is 0.603. The highest BCUT2D eigenvalue weighted by molar-refractivity contribution is 5.94. The number of nitrogens with zero attached hydrogens (tertiary/aromatic N) is 1. The van der Waals surface area contributed by atoms with Gasteiger partial charge in [-0.1, -0.05) is 18.2 Å². The van der Waals surface area contributed by atoms with Gasteiger partial charge in [-0.05, 0) is 68.5 Å². The maximum atomic E-state index is 12.5. The predicted molar refractivity (Wildman–Crippen MR) is 111 cm³/mol. The van der Waals surface area contributed by atoms with E-state index in [-0.39, 0.29) is 30.2 Å². The number of rotatable bonds is 5. The first-order chi connectivity index (χ1) is 13.8. The molecule has 3 rings (SSSR count). The lowest BCUT2D eigenvalue weighted by Crippen LogP contribution is -2.47. The number of carbonyl (C=O) groups is 2. The molecule has 0 spiro atoms. The molecule has 1 fully saturated rings. The van der Waals surface area contributed by atoms with Gasteiger partial charge in [0, 0.05) is 24.7 Å². The minimum absolute atomic E-state index is 0.0203. The molecule has 1 saturated heterocycles. The topological polar surface area (TPSA) is 78.9 Å². The Morgan fingerprint density at radius 3 is 2.48 bits per heavy atom. The van der Waals surface area contributed by atoms with Gasteiger partial charge in [-0.2, -0.15) is 0 Å². The van der Waals surface area contributed by atoms with Crippen LogP contribution in [0, 0.1) is 20.8 Å². The minimum atomic E-state index is -0.150. The normalized spacial score (nSPS) is 14.5. The highest BCUT2D eigenvalue weighted by Crippen LogP contribution is 2.25. The molecule has 1 aliphatic heterocycles. The van der Waals surface area contributed by atoms with Gasteiger partial charge in [-0.3, -0.25) is 9.59 Å². The van der Waals surface area contributed by atoms with E-state index in [1.807, 2.05) is 32.9 Å². The number of phenolic OH excluding ortho intramolecular Hbond substituents is 1. The second-order valence-electron chi connectivity index (χ2n) is 7.63. The number of hydrogen-bond acceptors (Lipinski definition) is 4. The van der Waals surface area contributed by atoms with E-state index < -0.39 is 0 Å². The first-order valence-electron chi connectivity index (χ1n) is 9.92. The lowest BCUT2D eigenvalue weighted by Gasteiger charge is -2.32. The molecule has 2 N–H and O–H groups in total. The number of carbonyl (C=O) groups excluding carboxylic acids is 2. The third kappa shape index (κ3) is 5.08. The van der Waals surface area contributed by atoms with Crippen molar-refractivity contribution in [1.29, 1.82) is 0 Å². The van der Waals surface area contributed by atoms with E-state index in [1.165, 1.54) is 6.07 Å². The number of benzene rings is 2. The molecule has 2 aromatic rings. The molecule has 2 amide bonds. The van der Waals surface area contributed by atoms with Gasteiger partial charge in [0.15, 0.2) is 6.61 Å². The van der Waals surface area contributed by atoms with Crippen LogP contribution in [-0.4, -0.2) is 47.6 Å². The summed E-state index contributed by atoms with van der Waals surface area (Å²) in [7, 11) is 0. The Kier molecular flexibility index (Phi) is 6.42. The van der Waals surface area contributed by atoms with E-state index in [2.05, 4.69) is 5.32 Å². The van der Waals surface area contributed by atoms with Crippen LogP contribution in [0.4, 0.5) is 0 Å². The molecule has 0 aromatic heterocycles. The highest BCUT2D eigenvalue weighted by Gasteiger charge is 2.25. The van der Waals surface area contributed by atoms with Gasteiger partial charge in [0.1, 0.15) is 11.5 Å². The molecule has 6 nitrogen and oxygen atoms in total. The van der Waals surface area contributed by atoms with Crippen LogP contribution in [0.1, 0.15) is 39.9 Å². The SMILES string of the molecule is Cc1ccc(C)c(OCC(=O)NC2CCN(C(=O)c3cccc(O)c3)CC2)c1C. The van der Waals surface area contributed by atoms with Gasteiger partial charge in [0.2, 0.25) is 0 Å². The zero-order valence-electron chi connectivity index (χ0n) is 17.2. The van der Waals surface area contributed by atoms with Crippen molar-refractivity contribution in [3.63, 3.8) is 0 Å². The van der Waals surface area contributed by atoms with Crippen molar-refractivity contribution < 1.29 is 19.4 Å². The number of aromatic hydroxyl groups is 1. The van der Waals surface area contributed by atoms with Gasteiger partial charge in [-0.15, -0.1) is 0 Å². The van der Waals surface area contributed by atoms with E-state index in [9.17, 15) is 14.7 Å². The monoisotopic (exact) mass is 396 g/mol. The van der Waals surface area contributed by atoms with E-state index in [1.54, 1.807) is 23.1 Å². The fraction of sp³-hybridized carbons (Fsp3) is 0.391. The Labute approximate surface area is 171 Å². The standard InChI is InChI=1S/C23H28N2O4/c1-15-7-8-16(2)22(17(15)3)29-14-21(27)24-19-9-11-25(12-10-19)23(28)18-5-4-6-20(26)13-18/h4-8,13,19,26H,9-12,14H2,1-3H3,(H,24,27). The molecular formula is C23H28N2O4. The number of likely N-dealkylation sites (tertiary alicyclic amines) is 1. The van der Waals surface area contributed by atoms with E-state index in [0.717, 1.165) is 22.4 Å². The maximum Gasteiger partial charge on any atom is 0.258 e. The number of nitrogens with one attached hydrogen (secondary N) is 1. The van der Waals surface area contributed by atoms with E-state index in [4.69, 9.17) is 4.74 Å². The zero-order valence-corrected chi connectivity index (χ0v) is 17.2. The summed E-state index contributed by atoms with van der Waals surface area (Å²) in [6, 6.07) is 10.4. The average Bonchev–Trinajstić information content (AvgIpc) is 2.71. The molecule has 0 radical (unpaired) electrons. The van der Waals surface area contributed by atoms with Crippen LogP contribution in [0.15, 0.2) is 36.4 Å². The molecule has 0 saturated carbocycles. The molecule has 0 bridgehead atoms. The molecule has 1 heterocycles. The van der Waals surface area contributed by atoms with Crippen molar-refractivity contribution in [3.8, 4) is 11.5 Å². The Balaban J connectivity index is 1.48. The number of phenols is 1. The average molecular weight is 396 g/mol. The lowest BCUT2D eigenvalue weighted by molar-refractivity contribution is -0.124. The van der Waals surface area contributed by atoms with Crippen LogP contribution in [0.5, 0.6) is 11.5 Å². The molecule has 0 unspecified atom stereocenters. The largest absolute Gasteiger partial charge is 0.508 e. The molecule has 0 aliphatic carbocycles. The highest BCUT2D eigenvalue weighted by atomic mass is 16.5.